The van der Waals surface area contributed by atoms with Gasteiger partial charge in [-0.25, -0.2) is 0 Å². The molecular formula is C23H37NO5S. The molecular weight excluding hydrogens is 402 g/mol. The molecule has 0 bridgehead atoms. The zero-order chi connectivity index (χ0) is 22.4. The van der Waals surface area contributed by atoms with Crippen LogP contribution in [-0.2, 0) is 30.3 Å². The van der Waals surface area contributed by atoms with E-state index in [2.05, 4.69) is 18.3 Å². The van der Waals surface area contributed by atoms with E-state index < -0.39 is 23.9 Å². The van der Waals surface area contributed by atoms with Crippen molar-refractivity contribution in [3.05, 3.63) is 21.9 Å². The van der Waals surface area contributed by atoms with Crippen LogP contribution in [0.3, 0.4) is 0 Å². The molecule has 0 aliphatic carbocycles. The fourth-order valence-corrected chi connectivity index (χ4v) is 4.42. The Hall–Kier alpha value is -1.89. The smallest absolute Gasteiger partial charge is 0.320 e. The lowest BCUT2D eigenvalue weighted by molar-refractivity contribution is -0.162. The third-order valence-corrected chi connectivity index (χ3v) is 6.05. The molecule has 0 saturated heterocycles. The third kappa shape index (κ3) is 9.74. The summed E-state index contributed by atoms with van der Waals surface area (Å²) < 4.78 is 10.1. The fraction of sp³-hybridized carbons (Fsp3) is 0.696. The summed E-state index contributed by atoms with van der Waals surface area (Å²) in [6, 6.07) is 3.61. The predicted molar refractivity (Wildman–Crippen MR) is 119 cm³/mol. The molecule has 0 fully saturated rings. The van der Waals surface area contributed by atoms with Crippen LogP contribution in [0, 0.1) is 5.92 Å². The number of amides is 1. The molecule has 6 nitrogen and oxygen atoms in total. The molecule has 30 heavy (non-hydrogen) atoms. The number of thiophene rings is 1. The number of hydrogen-bond donors (Lipinski definition) is 1. The van der Waals surface area contributed by atoms with Crippen LogP contribution in [0.25, 0.3) is 0 Å². The molecule has 0 aliphatic rings. The number of rotatable bonds is 15. The maximum atomic E-state index is 12.3. The minimum atomic E-state index is -1.06. The topological polar surface area (TPSA) is 81.7 Å². The van der Waals surface area contributed by atoms with Crippen LogP contribution in [0.1, 0.15) is 88.4 Å². The summed E-state index contributed by atoms with van der Waals surface area (Å²) in [5.41, 5.74) is 0. The highest BCUT2D eigenvalue weighted by atomic mass is 32.1. The molecule has 1 atom stereocenters. The highest BCUT2D eigenvalue weighted by molar-refractivity contribution is 7.12. The SMILES string of the molecule is CCCCCCCCc1ccc(C(CC(C(=O)OCC)C(=O)OCC)NC(C)=O)s1. The number of aryl methyl sites for hydroxylation is 1. The van der Waals surface area contributed by atoms with Crippen molar-refractivity contribution in [3.8, 4) is 0 Å². The maximum Gasteiger partial charge on any atom is 0.320 e. The van der Waals surface area contributed by atoms with Gasteiger partial charge in [-0.15, -0.1) is 11.3 Å². The average molecular weight is 440 g/mol. The van der Waals surface area contributed by atoms with E-state index in [4.69, 9.17) is 9.47 Å². The molecule has 0 radical (unpaired) electrons. The lowest BCUT2D eigenvalue weighted by atomic mass is 9.98. The zero-order valence-electron chi connectivity index (χ0n) is 18.8. The lowest BCUT2D eigenvalue weighted by Crippen LogP contribution is -2.34. The van der Waals surface area contributed by atoms with E-state index in [-0.39, 0.29) is 25.5 Å². The molecule has 0 spiro atoms. The molecule has 0 aliphatic heterocycles. The van der Waals surface area contributed by atoms with E-state index >= 15 is 0 Å². The summed E-state index contributed by atoms with van der Waals surface area (Å²) in [4.78, 5) is 38.6. The van der Waals surface area contributed by atoms with Crippen molar-refractivity contribution < 1.29 is 23.9 Å². The van der Waals surface area contributed by atoms with E-state index in [9.17, 15) is 14.4 Å². The van der Waals surface area contributed by atoms with Crippen molar-refractivity contribution in [2.24, 2.45) is 5.92 Å². The van der Waals surface area contributed by atoms with Gasteiger partial charge in [0, 0.05) is 16.7 Å². The average Bonchev–Trinajstić information content (AvgIpc) is 3.16. The van der Waals surface area contributed by atoms with Crippen LogP contribution in [0.15, 0.2) is 12.1 Å². The first-order valence-corrected chi connectivity index (χ1v) is 11.9. The number of esters is 2. The Bertz CT molecular complexity index is 640. The van der Waals surface area contributed by atoms with Crippen molar-refractivity contribution in [2.45, 2.75) is 85.1 Å². The van der Waals surface area contributed by atoms with E-state index in [1.807, 2.05) is 6.07 Å². The Kier molecular flexibility index (Phi) is 13.1. The minimum absolute atomic E-state index is 0.119. The van der Waals surface area contributed by atoms with E-state index in [0.717, 1.165) is 17.7 Å². The van der Waals surface area contributed by atoms with Crippen molar-refractivity contribution in [3.63, 3.8) is 0 Å². The van der Waals surface area contributed by atoms with Crippen LogP contribution in [0.5, 0.6) is 0 Å². The first-order valence-electron chi connectivity index (χ1n) is 11.1. The van der Waals surface area contributed by atoms with Gasteiger partial charge < -0.3 is 14.8 Å². The molecule has 7 heteroatoms. The Balaban J connectivity index is 2.82. The maximum absolute atomic E-state index is 12.3. The molecule has 0 saturated carbocycles. The van der Waals surface area contributed by atoms with Gasteiger partial charge in [-0.05, 0) is 45.2 Å². The summed E-state index contributed by atoms with van der Waals surface area (Å²) >= 11 is 1.62. The van der Waals surface area contributed by atoms with Crippen LogP contribution in [0.4, 0.5) is 0 Å². The fourth-order valence-electron chi connectivity index (χ4n) is 3.30. The van der Waals surface area contributed by atoms with Gasteiger partial charge >= 0.3 is 11.9 Å². The number of ether oxygens (including phenoxy) is 2. The summed E-state index contributed by atoms with van der Waals surface area (Å²) in [6.07, 6.45) is 8.58. The van der Waals surface area contributed by atoms with Crippen molar-refractivity contribution >= 4 is 29.2 Å². The Morgan fingerprint density at radius 1 is 0.933 bits per heavy atom. The van der Waals surface area contributed by atoms with Gasteiger partial charge in [-0.2, -0.15) is 0 Å². The number of nitrogens with one attached hydrogen (secondary N) is 1. The Morgan fingerprint density at radius 2 is 1.53 bits per heavy atom. The molecule has 1 aromatic rings. The largest absolute Gasteiger partial charge is 0.465 e. The molecule has 0 aromatic carbocycles. The third-order valence-electron chi connectivity index (χ3n) is 4.79. The minimum Gasteiger partial charge on any atom is -0.465 e. The highest BCUT2D eigenvalue weighted by Crippen LogP contribution is 2.30. The first-order chi connectivity index (χ1) is 14.4. The summed E-state index contributed by atoms with van der Waals surface area (Å²) in [7, 11) is 0. The Labute approximate surface area is 184 Å². The molecule has 1 rings (SSSR count). The molecule has 1 unspecified atom stereocenters. The van der Waals surface area contributed by atoms with Gasteiger partial charge in [-0.1, -0.05) is 39.0 Å². The van der Waals surface area contributed by atoms with Gasteiger partial charge in [0.2, 0.25) is 5.91 Å². The van der Waals surface area contributed by atoms with E-state index in [1.165, 1.54) is 43.9 Å². The standard InChI is InChI=1S/C23H37NO5S/c1-5-8-9-10-11-12-13-18-14-15-21(30-18)20(24-17(4)25)16-19(22(26)28-6-2)23(27)29-7-3/h14-15,19-20H,5-13,16H2,1-4H3,(H,24,25). The molecule has 1 N–H and O–H groups in total. The number of carbonyl (C=O) groups is 3. The van der Waals surface area contributed by atoms with Gasteiger partial charge in [0.1, 0.15) is 0 Å². The second kappa shape index (κ2) is 15.0. The van der Waals surface area contributed by atoms with Gasteiger partial charge in [-0.3, -0.25) is 14.4 Å². The number of unbranched alkanes of at least 4 members (excludes halogenated alkanes) is 5. The second-order valence-corrected chi connectivity index (χ2v) is 8.57. The van der Waals surface area contributed by atoms with Crippen LogP contribution in [-0.4, -0.2) is 31.1 Å². The van der Waals surface area contributed by atoms with Crippen molar-refractivity contribution in [1.82, 2.24) is 5.32 Å². The van der Waals surface area contributed by atoms with E-state index in [1.54, 1.807) is 25.2 Å². The number of carbonyl (C=O) groups excluding carboxylic acids is 3. The first kappa shape index (κ1) is 26.1. The highest BCUT2D eigenvalue weighted by Gasteiger charge is 2.33. The lowest BCUT2D eigenvalue weighted by Gasteiger charge is -2.21. The van der Waals surface area contributed by atoms with Crippen molar-refractivity contribution in [1.29, 1.82) is 0 Å². The zero-order valence-corrected chi connectivity index (χ0v) is 19.6. The number of hydrogen-bond acceptors (Lipinski definition) is 6. The summed E-state index contributed by atoms with van der Waals surface area (Å²) in [6.45, 7) is 7.40. The Morgan fingerprint density at radius 3 is 2.10 bits per heavy atom. The second-order valence-electron chi connectivity index (χ2n) is 7.37. The predicted octanol–water partition coefficient (Wildman–Crippen LogP) is 4.96. The summed E-state index contributed by atoms with van der Waals surface area (Å²) in [5, 5.41) is 2.88. The van der Waals surface area contributed by atoms with Crippen molar-refractivity contribution in [2.75, 3.05) is 13.2 Å². The quantitative estimate of drug-likeness (QED) is 0.237. The molecule has 1 amide bonds. The summed E-state index contributed by atoms with van der Waals surface area (Å²) in [5.74, 6) is -2.51. The van der Waals surface area contributed by atoms with Gasteiger partial charge in [0.15, 0.2) is 5.92 Å². The van der Waals surface area contributed by atoms with Crippen LogP contribution in [0.2, 0.25) is 0 Å². The van der Waals surface area contributed by atoms with Gasteiger partial charge in [0.05, 0.1) is 19.3 Å². The van der Waals surface area contributed by atoms with E-state index in [0.29, 0.717) is 0 Å². The monoisotopic (exact) mass is 439 g/mol. The van der Waals surface area contributed by atoms with Crippen LogP contribution >= 0.6 is 11.3 Å². The molecule has 1 aromatic heterocycles. The molecule has 170 valence electrons. The van der Waals surface area contributed by atoms with Gasteiger partial charge in [0.25, 0.3) is 0 Å². The normalized spacial score (nSPS) is 11.9. The van der Waals surface area contributed by atoms with Crippen LogP contribution < -0.4 is 5.32 Å². The molecule has 1 heterocycles.